The van der Waals surface area contributed by atoms with Crippen molar-refractivity contribution in [1.29, 1.82) is 5.26 Å². The number of anilines is 1. The first-order valence-electron chi connectivity index (χ1n) is 5.51. The summed E-state index contributed by atoms with van der Waals surface area (Å²) < 4.78 is 13.7. The van der Waals surface area contributed by atoms with Gasteiger partial charge in [0.15, 0.2) is 5.16 Å². The highest BCUT2D eigenvalue weighted by Crippen LogP contribution is 2.22. The van der Waals surface area contributed by atoms with Gasteiger partial charge in [-0.1, -0.05) is 17.8 Å². The number of halogens is 1. The van der Waals surface area contributed by atoms with E-state index in [4.69, 9.17) is 11.0 Å². The Bertz CT molecular complexity index is 631. The fourth-order valence-electron chi connectivity index (χ4n) is 1.51. The van der Waals surface area contributed by atoms with Crippen LogP contribution in [0.5, 0.6) is 0 Å². The molecule has 1 heterocycles. The van der Waals surface area contributed by atoms with E-state index in [0.717, 1.165) is 5.69 Å². The molecule has 0 saturated carbocycles. The Labute approximate surface area is 114 Å². The lowest BCUT2D eigenvalue weighted by Crippen LogP contribution is -1.97. The number of aryl methyl sites for hydroxylation is 1. The van der Waals surface area contributed by atoms with Crippen LogP contribution in [0.4, 0.5) is 10.2 Å². The number of rotatable bonds is 3. The molecule has 0 unspecified atom stereocenters. The number of hydrogen-bond acceptors (Lipinski definition) is 5. The molecule has 0 bridgehead atoms. The Balaban J connectivity index is 2.12. The van der Waals surface area contributed by atoms with Crippen LogP contribution < -0.4 is 5.73 Å². The Morgan fingerprint density at radius 3 is 2.79 bits per heavy atom. The van der Waals surface area contributed by atoms with Crippen molar-refractivity contribution in [3.05, 3.63) is 46.9 Å². The van der Waals surface area contributed by atoms with Crippen LogP contribution in [0.1, 0.15) is 16.8 Å². The van der Waals surface area contributed by atoms with Gasteiger partial charge in [-0.25, -0.2) is 14.4 Å². The molecule has 0 radical (unpaired) electrons. The molecule has 1 aromatic carbocycles. The van der Waals surface area contributed by atoms with Crippen LogP contribution in [-0.2, 0) is 5.75 Å². The summed E-state index contributed by atoms with van der Waals surface area (Å²) in [4.78, 5) is 8.28. The molecular weight excluding hydrogens is 263 g/mol. The zero-order valence-electron chi connectivity index (χ0n) is 10.2. The molecule has 0 saturated heterocycles. The number of nitriles is 1. The van der Waals surface area contributed by atoms with Crippen molar-refractivity contribution in [2.75, 3.05) is 5.73 Å². The first kappa shape index (κ1) is 13.3. The summed E-state index contributed by atoms with van der Waals surface area (Å²) >= 11 is 1.30. The smallest absolute Gasteiger partial charge is 0.190 e. The molecule has 4 nitrogen and oxygen atoms in total. The zero-order valence-corrected chi connectivity index (χ0v) is 11.0. The number of nitrogens with zero attached hydrogens (tertiary/aromatic N) is 3. The maximum atomic E-state index is 13.7. The first-order valence-corrected chi connectivity index (χ1v) is 6.49. The predicted octanol–water partition coefficient (Wildman–Crippen LogP) is 2.67. The van der Waals surface area contributed by atoms with E-state index in [2.05, 4.69) is 9.97 Å². The molecule has 2 aromatic rings. The normalized spacial score (nSPS) is 10.2. The lowest BCUT2D eigenvalue weighted by Gasteiger charge is -2.04. The lowest BCUT2D eigenvalue weighted by molar-refractivity contribution is 0.617. The van der Waals surface area contributed by atoms with Crippen LogP contribution in [0.15, 0.2) is 29.4 Å². The number of nitrogen functional groups attached to an aromatic ring is 1. The van der Waals surface area contributed by atoms with Gasteiger partial charge in [-0.3, -0.25) is 0 Å². The molecule has 0 fully saturated rings. The molecule has 0 spiro atoms. The summed E-state index contributed by atoms with van der Waals surface area (Å²) in [6.07, 6.45) is 0. The van der Waals surface area contributed by atoms with Crippen molar-refractivity contribution in [3.8, 4) is 6.07 Å². The molecule has 96 valence electrons. The Kier molecular flexibility index (Phi) is 3.97. The fourth-order valence-corrected chi connectivity index (χ4v) is 2.40. The van der Waals surface area contributed by atoms with Gasteiger partial charge in [-0.15, -0.1) is 0 Å². The second kappa shape index (κ2) is 5.67. The molecule has 0 aliphatic carbocycles. The summed E-state index contributed by atoms with van der Waals surface area (Å²) in [6.45, 7) is 1.82. The summed E-state index contributed by atoms with van der Waals surface area (Å²) in [5, 5.41) is 9.18. The van der Waals surface area contributed by atoms with Gasteiger partial charge in [0, 0.05) is 17.5 Å². The van der Waals surface area contributed by atoms with Gasteiger partial charge in [-0.05, 0) is 24.6 Å². The maximum absolute atomic E-state index is 13.7. The molecule has 2 N–H and O–H groups in total. The highest BCUT2D eigenvalue weighted by Gasteiger charge is 2.06. The average Bonchev–Trinajstić information content (AvgIpc) is 2.36. The van der Waals surface area contributed by atoms with Gasteiger partial charge in [0.05, 0.1) is 11.6 Å². The van der Waals surface area contributed by atoms with Crippen molar-refractivity contribution >= 4 is 17.6 Å². The van der Waals surface area contributed by atoms with Crippen LogP contribution in [0.2, 0.25) is 0 Å². The molecule has 2 rings (SSSR count). The van der Waals surface area contributed by atoms with Crippen molar-refractivity contribution < 1.29 is 4.39 Å². The van der Waals surface area contributed by atoms with Crippen LogP contribution in [-0.4, -0.2) is 9.97 Å². The van der Waals surface area contributed by atoms with Gasteiger partial charge < -0.3 is 5.73 Å². The predicted molar refractivity (Wildman–Crippen MR) is 71.9 cm³/mol. The minimum Gasteiger partial charge on any atom is -0.384 e. The average molecular weight is 274 g/mol. The van der Waals surface area contributed by atoms with Crippen molar-refractivity contribution in [3.63, 3.8) is 0 Å². The quantitative estimate of drug-likeness (QED) is 0.688. The number of benzene rings is 1. The van der Waals surface area contributed by atoms with Crippen LogP contribution in [0.3, 0.4) is 0 Å². The molecule has 1 aromatic heterocycles. The first-order chi connectivity index (χ1) is 9.08. The van der Waals surface area contributed by atoms with E-state index in [1.54, 1.807) is 18.2 Å². The molecule has 0 aliphatic heterocycles. The summed E-state index contributed by atoms with van der Waals surface area (Å²) in [5.41, 5.74) is 7.21. The Morgan fingerprint density at radius 2 is 2.16 bits per heavy atom. The van der Waals surface area contributed by atoms with Gasteiger partial charge in [0.2, 0.25) is 0 Å². The highest BCUT2D eigenvalue weighted by atomic mass is 32.2. The maximum Gasteiger partial charge on any atom is 0.190 e. The Morgan fingerprint density at radius 1 is 1.37 bits per heavy atom. The summed E-state index contributed by atoms with van der Waals surface area (Å²) in [6, 6.07) is 7.98. The van der Waals surface area contributed by atoms with E-state index in [0.29, 0.717) is 27.9 Å². The van der Waals surface area contributed by atoms with Crippen molar-refractivity contribution in [1.82, 2.24) is 9.97 Å². The van der Waals surface area contributed by atoms with Crippen molar-refractivity contribution in [2.24, 2.45) is 0 Å². The third-order valence-corrected chi connectivity index (χ3v) is 3.29. The minimum atomic E-state index is -0.396. The van der Waals surface area contributed by atoms with Crippen LogP contribution in [0.25, 0.3) is 0 Å². The number of nitrogens with two attached hydrogens (primary N) is 1. The van der Waals surface area contributed by atoms with Gasteiger partial charge in [-0.2, -0.15) is 5.26 Å². The molecule has 0 aliphatic rings. The topological polar surface area (TPSA) is 75.6 Å². The third-order valence-electron chi connectivity index (χ3n) is 2.39. The fraction of sp³-hybridized carbons (Fsp3) is 0.154. The molecule has 19 heavy (non-hydrogen) atoms. The third kappa shape index (κ3) is 3.42. The molecular formula is C13H11FN4S. The second-order valence-corrected chi connectivity index (χ2v) is 4.87. The van der Waals surface area contributed by atoms with Gasteiger partial charge in [0.25, 0.3) is 0 Å². The van der Waals surface area contributed by atoms with E-state index >= 15 is 0 Å². The standard InChI is InChI=1S/C13H11FN4S/c1-8-4-12(16)18-13(17-8)19-7-10-3-2-9(6-15)5-11(10)14/h2-5H,7H2,1H3,(H2,16,17,18). The SMILES string of the molecule is Cc1cc(N)nc(SCc2ccc(C#N)cc2F)n1. The molecule has 0 atom stereocenters. The number of thioether (sulfide) groups is 1. The zero-order chi connectivity index (χ0) is 13.8. The summed E-state index contributed by atoms with van der Waals surface area (Å²) in [7, 11) is 0. The largest absolute Gasteiger partial charge is 0.384 e. The summed E-state index contributed by atoms with van der Waals surface area (Å²) in [5.74, 6) is 0.392. The van der Waals surface area contributed by atoms with Crippen molar-refractivity contribution in [2.45, 2.75) is 17.8 Å². The molecule has 0 amide bonds. The monoisotopic (exact) mass is 274 g/mol. The van der Waals surface area contributed by atoms with E-state index in [9.17, 15) is 4.39 Å². The minimum absolute atomic E-state index is 0.308. The highest BCUT2D eigenvalue weighted by molar-refractivity contribution is 7.98. The lowest BCUT2D eigenvalue weighted by atomic mass is 10.1. The van der Waals surface area contributed by atoms with E-state index in [-0.39, 0.29) is 0 Å². The van der Waals surface area contributed by atoms with Crippen LogP contribution in [0, 0.1) is 24.1 Å². The molecule has 6 heteroatoms. The van der Waals surface area contributed by atoms with Gasteiger partial charge in [0.1, 0.15) is 11.6 Å². The van der Waals surface area contributed by atoms with Gasteiger partial charge >= 0.3 is 0 Å². The Hall–Kier alpha value is -2.13. The second-order valence-electron chi connectivity index (χ2n) is 3.92. The van der Waals surface area contributed by atoms with E-state index < -0.39 is 5.82 Å². The number of hydrogen-bond donors (Lipinski definition) is 1. The van der Waals surface area contributed by atoms with Crippen LogP contribution >= 0.6 is 11.8 Å². The van der Waals surface area contributed by atoms with E-state index in [1.165, 1.54) is 17.8 Å². The number of aromatic nitrogens is 2. The van der Waals surface area contributed by atoms with E-state index in [1.807, 2.05) is 13.0 Å².